The van der Waals surface area contributed by atoms with Gasteiger partial charge in [0.25, 0.3) is 11.6 Å². The SMILES string of the molecule is COc1c2cc(C(C)(C)C)cc1C[n+]1c(C)n(c3ccccc31)CCOCCn1c(C)[n+](c3ccccc31)C2.[Br-].[Br-]. The lowest BCUT2D eigenvalue weighted by Gasteiger charge is -2.23. The number of hydrogen-bond acceptors (Lipinski definition) is 2. The smallest absolute Gasteiger partial charge is 0.254 e. The minimum absolute atomic E-state index is 0. The van der Waals surface area contributed by atoms with Crippen LogP contribution in [-0.4, -0.2) is 29.5 Å². The van der Waals surface area contributed by atoms with Crippen LogP contribution in [0.1, 0.15) is 49.1 Å². The van der Waals surface area contributed by atoms with E-state index >= 15 is 0 Å². The predicted molar refractivity (Wildman–Crippen MR) is 154 cm³/mol. The molecule has 3 aromatic carbocycles. The van der Waals surface area contributed by atoms with Crippen molar-refractivity contribution in [2.24, 2.45) is 0 Å². The summed E-state index contributed by atoms with van der Waals surface area (Å²) >= 11 is 0. The quantitative estimate of drug-likeness (QED) is 0.218. The third-order valence-corrected chi connectivity index (χ3v) is 8.38. The van der Waals surface area contributed by atoms with E-state index in [1.165, 1.54) is 50.4 Å². The van der Waals surface area contributed by atoms with Crippen LogP contribution in [-0.2, 0) is 36.3 Å². The van der Waals surface area contributed by atoms with Crippen molar-refractivity contribution < 1.29 is 52.6 Å². The van der Waals surface area contributed by atoms with E-state index in [0.29, 0.717) is 13.2 Å². The van der Waals surface area contributed by atoms with E-state index in [4.69, 9.17) is 9.47 Å². The molecule has 0 fully saturated rings. The monoisotopic (exact) mass is 682 g/mol. The van der Waals surface area contributed by atoms with Gasteiger partial charge in [0.15, 0.2) is 22.1 Å². The predicted octanol–water partition coefficient (Wildman–Crippen LogP) is -0.771. The first-order chi connectivity index (χ1) is 18.8. The average molecular weight is 685 g/mol. The lowest BCUT2D eigenvalue weighted by atomic mass is 9.84. The lowest BCUT2D eigenvalue weighted by Crippen LogP contribution is -3.00. The number of fused-ring (bicyclic) bond motifs is 12. The van der Waals surface area contributed by atoms with Crippen molar-refractivity contribution in [2.45, 2.75) is 66.2 Å². The summed E-state index contributed by atoms with van der Waals surface area (Å²) in [6.07, 6.45) is 0. The molecule has 218 valence electrons. The van der Waals surface area contributed by atoms with Crippen LogP contribution in [0.5, 0.6) is 5.75 Å². The third-order valence-electron chi connectivity index (χ3n) is 8.38. The van der Waals surface area contributed by atoms with Crippen molar-refractivity contribution in [3.05, 3.63) is 89.0 Å². The summed E-state index contributed by atoms with van der Waals surface area (Å²) in [7, 11) is 1.82. The zero-order chi connectivity index (χ0) is 27.3. The van der Waals surface area contributed by atoms with Crippen LogP contribution in [0, 0.1) is 13.8 Å². The summed E-state index contributed by atoms with van der Waals surface area (Å²) in [5, 5.41) is 0. The van der Waals surface area contributed by atoms with Gasteiger partial charge < -0.3 is 43.4 Å². The van der Waals surface area contributed by atoms with Crippen LogP contribution in [0.2, 0.25) is 0 Å². The molecule has 0 saturated heterocycles. The van der Waals surface area contributed by atoms with Gasteiger partial charge in [0.1, 0.15) is 31.9 Å². The summed E-state index contributed by atoms with van der Waals surface area (Å²) in [6, 6.07) is 22.1. The van der Waals surface area contributed by atoms with Crippen LogP contribution in [0.15, 0.2) is 60.7 Å². The fourth-order valence-electron chi connectivity index (χ4n) is 6.23. The molecule has 0 radical (unpaired) electrons. The van der Waals surface area contributed by atoms with E-state index in [0.717, 1.165) is 31.9 Å². The number of halogens is 2. The number of methoxy groups -OCH3 is 1. The average Bonchev–Trinajstić information content (AvgIpc) is 3.33. The number of hydrogen-bond donors (Lipinski definition) is 0. The number of aromatic nitrogens is 4. The van der Waals surface area contributed by atoms with E-state index < -0.39 is 0 Å². The summed E-state index contributed by atoms with van der Waals surface area (Å²) in [4.78, 5) is 0. The molecule has 8 heteroatoms. The second kappa shape index (κ2) is 12.3. The van der Waals surface area contributed by atoms with Crippen LogP contribution in [0.4, 0.5) is 0 Å². The van der Waals surface area contributed by atoms with Gasteiger partial charge in [0.05, 0.1) is 20.3 Å². The Morgan fingerprint density at radius 3 is 1.59 bits per heavy atom. The molecule has 3 heterocycles. The van der Waals surface area contributed by atoms with Gasteiger partial charge in [-0.2, -0.15) is 0 Å². The molecule has 41 heavy (non-hydrogen) atoms. The van der Waals surface area contributed by atoms with E-state index in [9.17, 15) is 0 Å². The minimum Gasteiger partial charge on any atom is -1.00 e. The first kappa shape index (κ1) is 31.3. The standard InChI is InChI=1S/C33H40N4O2.2BrH/c1-23-34-15-17-39-18-16-35-24(2)37(31-14-10-8-12-29(31)35)22-26-20-27(33(3,4)5)19-25(32(26)38-6)21-36(23)30-13-9-7-11-28(30)34;;/h7-14,19-20H,15-18,21-22H2,1-6H3;2*1H/q+2;;/p-2. The van der Waals surface area contributed by atoms with Gasteiger partial charge in [-0.25, -0.2) is 18.3 Å². The molecule has 1 aliphatic rings. The molecule has 6 bridgehead atoms. The number of benzene rings is 3. The maximum Gasteiger partial charge on any atom is 0.254 e. The number of imidazole rings is 2. The van der Waals surface area contributed by atoms with Gasteiger partial charge in [-0.1, -0.05) is 45.0 Å². The molecule has 6 rings (SSSR count). The van der Waals surface area contributed by atoms with Crippen molar-refractivity contribution in [2.75, 3.05) is 20.3 Å². The van der Waals surface area contributed by atoms with E-state index in [1.807, 2.05) is 7.11 Å². The molecule has 0 amide bonds. The Morgan fingerprint density at radius 1 is 0.732 bits per heavy atom. The Morgan fingerprint density at radius 2 is 1.17 bits per heavy atom. The number of ether oxygens (including phenoxy) is 2. The zero-order valence-corrected chi connectivity index (χ0v) is 28.0. The molecule has 0 spiro atoms. The highest BCUT2D eigenvalue weighted by atomic mass is 79.9. The number of para-hydroxylation sites is 4. The number of rotatable bonds is 1. The summed E-state index contributed by atoms with van der Waals surface area (Å²) in [6.45, 7) is 15.8. The topological polar surface area (TPSA) is 36.1 Å². The highest BCUT2D eigenvalue weighted by Gasteiger charge is 2.28. The fourth-order valence-corrected chi connectivity index (χ4v) is 6.23. The summed E-state index contributed by atoms with van der Waals surface area (Å²) < 4.78 is 22.1. The molecule has 0 atom stereocenters. The molecule has 1 aliphatic heterocycles. The first-order valence-corrected chi connectivity index (χ1v) is 14.0. The van der Waals surface area contributed by atoms with Crippen molar-refractivity contribution in [1.29, 1.82) is 0 Å². The van der Waals surface area contributed by atoms with E-state index in [-0.39, 0.29) is 39.4 Å². The molecular formula is C33H40Br2N4O2. The Balaban J connectivity index is 0.00000194. The highest BCUT2D eigenvalue weighted by Crippen LogP contribution is 2.33. The Kier molecular flexibility index (Phi) is 9.36. The fraction of sp³-hybridized carbons (Fsp3) is 0.394. The summed E-state index contributed by atoms with van der Waals surface area (Å²) in [5.41, 5.74) is 8.69. The van der Waals surface area contributed by atoms with Crippen molar-refractivity contribution in [3.8, 4) is 5.75 Å². The Hall–Kier alpha value is -2.68. The van der Waals surface area contributed by atoms with Gasteiger partial charge in [-0.15, -0.1) is 0 Å². The molecule has 6 nitrogen and oxygen atoms in total. The molecule has 0 saturated carbocycles. The van der Waals surface area contributed by atoms with Crippen LogP contribution in [0.25, 0.3) is 22.1 Å². The number of nitrogens with zero attached hydrogens (tertiary/aromatic N) is 4. The van der Waals surface area contributed by atoms with Crippen LogP contribution >= 0.6 is 0 Å². The molecule has 5 aromatic rings. The van der Waals surface area contributed by atoms with E-state index in [2.05, 4.69) is 114 Å². The zero-order valence-electron chi connectivity index (χ0n) is 24.9. The van der Waals surface area contributed by atoms with Gasteiger partial charge in [-0.3, -0.25) is 0 Å². The molecule has 0 aliphatic carbocycles. The second-order valence-electron chi connectivity index (χ2n) is 11.7. The van der Waals surface area contributed by atoms with Crippen LogP contribution in [0.3, 0.4) is 0 Å². The maximum absolute atomic E-state index is 6.23. The second-order valence-corrected chi connectivity index (χ2v) is 11.7. The molecule has 2 aromatic heterocycles. The van der Waals surface area contributed by atoms with Gasteiger partial charge in [0, 0.05) is 25.0 Å². The van der Waals surface area contributed by atoms with Crippen LogP contribution < -0.4 is 47.8 Å². The summed E-state index contributed by atoms with van der Waals surface area (Å²) in [5.74, 6) is 3.42. The molecular weight excluding hydrogens is 644 g/mol. The Labute approximate surface area is 264 Å². The van der Waals surface area contributed by atoms with Gasteiger partial charge in [0.2, 0.25) is 0 Å². The third kappa shape index (κ3) is 5.58. The molecule has 0 unspecified atom stereocenters. The van der Waals surface area contributed by atoms with Gasteiger partial charge in [-0.05, 0) is 47.4 Å². The molecule has 0 N–H and O–H groups in total. The van der Waals surface area contributed by atoms with Crippen molar-refractivity contribution in [3.63, 3.8) is 0 Å². The largest absolute Gasteiger partial charge is 1.00 e. The normalized spacial score (nSPS) is 14.0. The lowest BCUT2D eigenvalue weighted by molar-refractivity contribution is -0.670. The first-order valence-electron chi connectivity index (χ1n) is 14.0. The van der Waals surface area contributed by atoms with E-state index in [1.54, 1.807) is 0 Å². The minimum atomic E-state index is 0. The van der Waals surface area contributed by atoms with Gasteiger partial charge >= 0.3 is 0 Å². The van der Waals surface area contributed by atoms with Crippen molar-refractivity contribution in [1.82, 2.24) is 9.13 Å². The highest BCUT2D eigenvalue weighted by molar-refractivity contribution is 5.73. The Bertz CT molecular complexity index is 1580. The maximum atomic E-state index is 6.23. The van der Waals surface area contributed by atoms with Crippen molar-refractivity contribution >= 4 is 22.1 Å².